The van der Waals surface area contributed by atoms with Crippen molar-refractivity contribution in [2.75, 3.05) is 31.1 Å². The van der Waals surface area contributed by atoms with Crippen LogP contribution >= 0.6 is 0 Å². The van der Waals surface area contributed by atoms with E-state index >= 15 is 0 Å². The number of fused-ring (bicyclic) bond motifs is 3. The Morgan fingerprint density at radius 2 is 1.92 bits per heavy atom. The summed E-state index contributed by atoms with van der Waals surface area (Å²) in [5.74, 6) is 0.561. The molecule has 202 valence electrons. The molecule has 6 rings (SSSR count). The molecule has 3 aliphatic heterocycles. The van der Waals surface area contributed by atoms with Crippen molar-refractivity contribution in [3.63, 3.8) is 0 Å². The first kappa shape index (κ1) is 25.2. The van der Waals surface area contributed by atoms with Crippen LogP contribution in [0.2, 0.25) is 0 Å². The van der Waals surface area contributed by atoms with Crippen LogP contribution in [0.3, 0.4) is 0 Å². The number of rotatable bonds is 4. The number of aldehydes is 1. The Morgan fingerprint density at radius 3 is 2.58 bits per heavy atom. The van der Waals surface area contributed by atoms with Crippen LogP contribution in [0.1, 0.15) is 55.3 Å². The molecule has 1 aromatic carbocycles. The molecule has 1 spiro atoms. The summed E-state index contributed by atoms with van der Waals surface area (Å²) in [5, 5.41) is 8.04. The van der Waals surface area contributed by atoms with E-state index < -0.39 is 18.8 Å². The molecular weight excluding hydrogens is 497 g/mol. The topological polar surface area (TPSA) is 87.2 Å². The molecular formula is C27H31F3N6O2. The number of benzene rings is 1. The molecule has 0 amide bonds. The molecule has 0 aliphatic carbocycles. The van der Waals surface area contributed by atoms with Crippen LogP contribution in [0, 0.1) is 5.92 Å². The quantitative estimate of drug-likeness (QED) is 0.508. The molecule has 5 heterocycles. The summed E-state index contributed by atoms with van der Waals surface area (Å²) in [4.78, 5) is 23.9. The maximum Gasteiger partial charge on any atom is 0.401 e. The molecule has 0 bridgehead atoms. The zero-order valence-corrected chi connectivity index (χ0v) is 21.2. The number of nitrogens with zero attached hydrogens (tertiary/aromatic N) is 5. The third kappa shape index (κ3) is 4.66. The molecule has 1 N–H and O–H groups in total. The van der Waals surface area contributed by atoms with Crippen LogP contribution in [0.25, 0.3) is 10.9 Å². The molecule has 0 radical (unpaired) electrons. The summed E-state index contributed by atoms with van der Waals surface area (Å²) in [6.45, 7) is 2.77. The maximum atomic E-state index is 13.7. The van der Waals surface area contributed by atoms with E-state index in [1.165, 1.54) is 4.90 Å². The number of ether oxygens (including phenoxy) is 1. The highest BCUT2D eigenvalue weighted by atomic mass is 19.4. The van der Waals surface area contributed by atoms with Crippen molar-refractivity contribution in [1.82, 2.24) is 25.1 Å². The Hall–Kier alpha value is -3.05. The molecule has 2 saturated heterocycles. The van der Waals surface area contributed by atoms with Gasteiger partial charge in [-0.3, -0.25) is 10.00 Å². The Labute approximate surface area is 218 Å². The molecule has 0 saturated carbocycles. The average Bonchev–Trinajstić information content (AvgIpc) is 3.39. The van der Waals surface area contributed by atoms with Crippen molar-refractivity contribution in [3.8, 4) is 0 Å². The normalized spacial score (nSPS) is 26.0. The van der Waals surface area contributed by atoms with E-state index in [9.17, 15) is 18.0 Å². The number of alkyl halides is 3. The lowest BCUT2D eigenvalue weighted by atomic mass is 9.82. The van der Waals surface area contributed by atoms with Crippen molar-refractivity contribution in [2.45, 2.75) is 62.9 Å². The van der Waals surface area contributed by atoms with E-state index in [1.54, 1.807) is 18.6 Å². The summed E-state index contributed by atoms with van der Waals surface area (Å²) < 4.78 is 47.1. The molecule has 1 unspecified atom stereocenters. The van der Waals surface area contributed by atoms with E-state index in [0.717, 1.165) is 67.1 Å². The van der Waals surface area contributed by atoms with Crippen LogP contribution in [0.4, 0.5) is 19.1 Å². The minimum absolute atomic E-state index is 0.0105. The number of hydrogen-bond acceptors (Lipinski definition) is 7. The van der Waals surface area contributed by atoms with E-state index in [0.29, 0.717) is 24.5 Å². The first-order valence-electron chi connectivity index (χ1n) is 13.2. The van der Waals surface area contributed by atoms with Crippen molar-refractivity contribution in [2.24, 2.45) is 5.92 Å². The molecule has 3 aliphatic rings. The predicted molar refractivity (Wildman–Crippen MR) is 135 cm³/mol. The summed E-state index contributed by atoms with van der Waals surface area (Å²) in [5.41, 5.74) is 3.17. The van der Waals surface area contributed by atoms with E-state index in [2.05, 4.69) is 25.1 Å². The molecule has 3 aromatic rings. The maximum absolute atomic E-state index is 13.7. The number of H-pyrrole nitrogens is 1. The van der Waals surface area contributed by atoms with Crippen molar-refractivity contribution in [3.05, 3.63) is 47.4 Å². The lowest BCUT2D eigenvalue weighted by Gasteiger charge is -2.45. The first-order chi connectivity index (χ1) is 18.3. The van der Waals surface area contributed by atoms with Gasteiger partial charge < -0.3 is 14.4 Å². The number of carbonyl (C=O) groups excluding carboxylic acids is 1. The van der Waals surface area contributed by atoms with E-state index in [1.807, 2.05) is 19.1 Å². The van der Waals surface area contributed by atoms with Crippen molar-refractivity contribution in [1.29, 1.82) is 0 Å². The Bertz CT molecular complexity index is 1290. The minimum Gasteiger partial charge on any atom is -0.374 e. The van der Waals surface area contributed by atoms with Gasteiger partial charge in [0.25, 0.3) is 0 Å². The Morgan fingerprint density at radius 1 is 1.16 bits per heavy atom. The van der Waals surface area contributed by atoms with Gasteiger partial charge in [-0.2, -0.15) is 18.3 Å². The third-order valence-electron chi connectivity index (χ3n) is 8.52. The fourth-order valence-electron chi connectivity index (χ4n) is 6.39. The Kier molecular flexibility index (Phi) is 6.38. The van der Waals surface area contributed by atoms with Crippen LogP contribution in [-0.4, -0.2) is 75.4 Å². The molecule has 11 heteroatoms. The molecule has 38 heavy (non-hydrogen) atoms. The molecule has 8 nitrogen and oxygen atoms in total. The van der Waals surface area contributed by atoms with Gasteiger partial charge in [-0.25, -0.2) is 9.97 Å². The number of piperidine rings is 1. The van der Waals surface area contributed by atoms with Gasteiger partial charge in [-0.1, -0.05) is 6.07 Å². The number of halogens is 3. The average molecular weight is 529 g/mol. The van der Waals surface area contributed by atoms with Crippen LogP contribution < -0.4 is 4.90 Å². The van der Waals surface area contributed by atoms with Gasteiger partial charge in [0.15, 0.2) is 0 Å². The lowest BCUT2D eigenvalue weighted by molar-refractivity contribution is -0.155. The SMILES string of the molecule is C[C@@H]1Cc2c(ccc3[nH]ncc23)[C@@H](c2cnc(N3CCC4(CCC(C=O)CO4)CC3)nc2)N1CC(F)(F)F. The van der Waals surface area contributed by atoms with Crippen molar-refractivity contribution >= 4 is 23.1 Å². The smallest absolute Gasteiger partial charge is 0.374 e. The summed E-state index contributed by atoms with van der Waals surface area (Å²) in [7, 11) is 0. The fourth-order valence-corrected chi connectivity index (χ4v) is 6.39. The van der Waals surface area contributed by atoms with Gasteiger partial charge in [-0.15, -0.1) is 0 Å². The Balaban J connectivity index is 1.25. The third-order valence-corrected chi connectivity index (χ3v) is 8.52. The van der Waals surface area contributed by atoms with Gasteiger partial charge in [0, 0.05) is 48.4 Å². The lowest BCUT2D eigenvalue weighted by Crippen LogP contribution is -2.49. The fraction of sp³-hybridized carbons (Fsp3) is 0.556. The summed E-state index contributed by atoms with van der Waals surface area (Å²) in [6, 6.07) is 2.82. The molecule has 2 aromatic heterocycles. The van der Waals surface area contributed by atoms with Gasteiger partial charge in [0.2, 0.25) is 5.95 Å². The van der Waals surface area contributed by atoms with Crippen LogP contribution in [0.5, 0.6) is 0 Å². The monoisotopic (exact) mass is 528 g/mol. The second-order valence-corrected chi connectivity index (χ2v) is 10.9. The van der Waals surface area contributed by atoms with Gasteiger partial charge in [0.1, 0.15) is 6.29 Å². The largest absolute Gasteiger partial charge is 0.401 e. The van der Waals surface area contributed by atoms with E-state index in [-0.39, 0.29) is 17.6 Å². The van der Waals surface area contributed by atoms with Gasteiger partial charge >= 0.3 is 6.18 Å². The number of aromatic nitrogens is 4. The number of anilines is 1. The standard InChI is InChI=1S/C27H31F3N6O2/c1-17-10-21-20(2-3-23-22(21)13-33-34-23)24(36(17)16-27(28,29)30)19-11-31-25(32-12-19)35-8-6-26(7-9-35)5-4-18(14-37)15-38-26/h2-3,11-14,17-18,24H,4-10,15-16H2,1H3,(H,33,34)/t17-,18?,24-/m1/s1. The second-order valence-electron chi connectivity index (χ2n) is 10.9. The zero-order valence-electron chi connectivity index (χ0n) is 21.2. The first-order valence-corrected chi connectivity index (χ1v) is 13.2. The second kappa shape index (κ2) is 9.60. The van der Waals surface area contributed by atoms with Crippen LogP contribution in [-0.2, 0) is 16.0 Å². The zero-order chi connectivity index (χ0) is 26.5. The van der Waals surface area contributed by atoms with Crippen molar-refractivity contribution < 1.29 is 22.7 Å². The number of hydrogen-bond donors (Lipinski definition) is 1. The number of nitrogens with one attached hydrogen (secondary N) is 1. The van der Waals surface area contributed by atoms with Gasteiger partial charge in [-0.05, 0) is 56.2 Å². The summed E-state index contributed by atoms with van der Waals surface area (Å²) in [6.07, 6.45) is 5.64. The highest BCUT2D eigenvalue weighted by Crippen LogP contribution is 2.42. The minimum atomic E-state index is -4.33. The molecule has 2 fully saturated rings. The van der Waals surface area contributed by atoms with E-state index in [4.69, 9.17) is 4.74 Å². The van der Waals surface area contributed by atoms with Gasteiger partial charge in [0.05, 0.1) is 36.5 Å². The van der Waals surface area contributed by atoms with Crippen LogP contribution in [0.15, 0.2) is 30.7 Å². The highest BCUT2D eigenvalue weighted by molar-refractivity contribution is 5.83. The highest BCUT2D eigenvalue weighted by Gasteiger charge is 2.42. The predicted octanol–water partition coefficient (Wildman–Crippen LogP) is 4.22. The summed E-state index contributed by atoms with van der Waals surface area (Å²) >= 11 is 0. The number of carbonyl (C=O) groups is 1. The number of aromatic amines is 1. The molecule has 3 atom stereocenters.